The topological polar surface area (TPSA) is 46.1 Å². The minimum absolute atomic E-state index is 0.0858. The van der Waals surface area contributed by atoms with Crippen LogP contribution in [0.1, 0.15) is 6.92 Å². The first-order valence-corrected chi connectivity index (χ1v) is 6.55. The Hall–Kier alpha value is -1.62. The zero-order valence-electron chi connectivity index (χ0n) is 10.6. The molecule has 1 atom stereocenters. The molecule has 0 N–H and O–H groups in total. The van der Waals surface area contributed by atoms with Gasteiger partial charge >= 0.3 is 0 Å². The van der Waals surface area contributed by atoms with Crippen molar-refractivity contribution in [2.24, 2.45) is 0 Å². The lowest BCUT2D eigenvalue weighted by Gasteiger charge is -2.16. The van der Waals surface area contributed by atoms with Crippen molar-refractivity contribution >= 4 is 28.6 Å². The van der Waals surface area contributed by atoms with E-state index < -0.39 is 0 Å². The molecule has 1 amide bonds. The second-order valence-corrected chi connectivity index (χ2v) is 5.52. The first kappa shape index (κ1) is 12.8. The van der Waals surface area contributed by atoms with Gasteiger partial charge in [-0.1, -0.05) is 30.0 Å². The molecule has 94 valence electrons. The van der Waals surface area contributed by atoms with Crippen LogP contribution in [0.25, 0.3) is 10.9 Å². The summed E-state index contributed by atoms with van der Waals surface area (Å²) in [4.78, 5) is 21.9. The van der Waals surface area contributed by atoms with Crippen LogP contribution in [0, 0.1) is 0 Å². The molecule has 0 fully saturated rings. The summed E-state index contributed by atoms with van der Waals surface area (Å²) in [7, 11) is 3.52. The molecule has 0 saturated carbocycles. The second-order valence-electron chi connectivity index (χ2n) is 4.19. The Morgan fingerprint density at radius 3 is 2.72 bits per heavy atom. The number of carbonyl (C=O) groups excluding carboxylic acids is 1. The fourth-order valence-electron chi connectivity index (χ4n) is 1.66. The van der Waals surface area contributed by atoms with E-state index in [0.717, 1.165) is 15.9 Å². The predicted octanol–water partition coefficient (Wildman–Crippen LogP) is 2.20. The molecule has 0 aliphatic heterocycles. The van der Waals surface area contributed by atoms with E-state index in [4.69, 9.17) is 0 Å². The number of rotatable bonds is 3. The van der Waals surface area contributed by atoms with Gasteiger partial charge < -0.3 is 4.90 Å². The quantitative estimate of drug-likeness (QED) is 0.627. The summed E-state index contributed by atoms with van der Waals surface area (Å²) in [5, 5.41) is 1.69. The van der Waals surface area contributed by atoms with Gasteiger partial charge in [-0.3, -0.25) is 4.79 Å². The van der Waals surface area contributed by atoms with Crippen LogP contribution in [0.4, 0.5) is 0 Å². The Balaban J connectivity index is 2.29. The van der Waals surface area contributed by atoms with Gasteiger partial charge in [-0.15, -0.1) is 0 Å². The average molecular weight is 261 g/mol. The lowest BCUT2D eigenvalue weighted by Crippen LogP contribution is -2.29. The molecule has 2 rings (SSSR count). The first-order valence-electron chi connectivity index (χ1n) is 5.67. The Labute approximate surface area is 110 Å². The standard InChI is InChI=1S/C13H15N3OS/c1-9(13(17)16(2)3)18-12-10-6-4-5-7-11(10)14-8-15-12/h4-9H,1-3H3/t9-/m1/s1. The van der Waals surface area contributed by atoms with Crippen molar-refractivity contribution in [1.29, 1.82) is 0 Å². The number of carbonyl (C=O) groups is 1. The smallest absolute Gasteiger partial charge is 0.235 e. The minimum Gasteiger partial charge on any atom is -0.348 e. The molecule has 18 heavy (non-hydrogen) atoms. The molecule has 0 spiro atoms. The van der Waals surface area contributed by atoms with E-state index in [2.05, 4.69) is 9.97 Å². The maximum absolute atomic E-state index is 11.8. The molecule has 0 saturated heterocycles. The van der Waals surface area contributed by atoms with E-state index in [-0.39, 0.29) is 11.2 Å². The van der Waals surface area contributed by atoms with Gasteiger partial charge in [-0.2, -0.15) is 0 Å². The normalized spacial score (nSPS) is 12.4. The summed E-state index contributed by atoms with van der Waals surface area (Å²) in [5.41, 5.74) is 0.902. The van der Waals surface area contributed by atoms with Crippen molar-refractivity contribution in [2.75, 3.05) is 14.1 Å². The Bertz CT molecular complexity index is 566. The number of aromatic nitrogens is 2. The lowest BCUT2D eigenvalue weighted by molar-refractivity contribution is -0.127. The molecule has 0 aliphatic rings. The largest absolute Gasteiger partial charge is 0.348 e. The van der Waals surface area contributed by atoms with E-state index in [9.17, 15) is 4.79 Å². The van der Waals surface area contributed by atoms with E-state index in [0.29, 0.717) is 0 Å². The molecule has 2 aromatic rings. The summed E-state index contributed by atoms with van der Waals surface area (Å²) in [6, 6.07) is 7.82. The van der Waals surface area contributed by atoms with Gasteiger partial charge in [0, 0.05) is 19.5 Å². The third-order valence-electron chi connectivity index (χ3n) is 2.58. The lowest BCUT2D eigenvalue weighted by atomic mass is 10.2. The molecule has 1 aromatic carbocycles. The van der Waals surface area contributed by atoms with E-state index in [1.165, 1.54) is 18.1 Å². The van der Waals surface area contributed by atoms with Crippen molar-refractivity contribution < 1.29 is 4.79 Å². The Morgan fingerprint density at radius 2 is 2.00 bits per heavy atom. The summed E-state index contributed by atoms with van der Waals surface area (Å²) in [6.07, 6.45) is 1.54. The predicted molar refractivity (Wildman–Crippen MR) is 73.6 cm³/mol. The molecular weight excluding hydrogens is 246 g/mol. The second kappa shape index (κ2) is 5.35. The molecule has 0 unspecified atom stereocenters. The highest BCUT2D eigenvalue weighted by Crippen LogP contribution is 2.28. The number of benzene rings is 1. The van der Waals surface area contributed by atoms with Crippen molar-refractivity contribution in [1.82, 2.24) is 14.9 Å². The van der Waals surface area contributed by atoms with Crippen molar-refractivity contribution in [3.05, 3.63) is 30.6 Å². The number of hydrogen-bond donors (Lipinski definition) is 0. The highest BCUT2D eigenvalue weighted by Gasteiger charge is 2.18. The van der Waals surface area contributed by atoms with Crippen LogP contribution in [0.15, 0.2) is 35.6 Å². The van der Waals surface area contributed by atoms with E-state index in [1.54, 1.807) is 19.0 Å². The van der Waals surface area contributed by atoms with Crippen LogP contribution in [-0.2, 0) is 4.79 Å². The number of hydrogen-bond acceptors (Lipinski definition) is 4. The van der Waals surface area contributed by atoms with Crippen LogP contribution < -0.4 is 0 Å². The van der Waals surface area contributed by atoms with E-state index >= 15 is 0 Å². The van der Waals surface area contributed by atoms with Crippen molar-refractivity contribution in [2.45, 2.75) is 17.2 Å². The number of para-hydroxylation sites is 1. The first-order chi connectivity index (χ1) is 8.59. The molecule has 0 radical (unpaired) electrons. The van der Waals surface area contributed by atoms with Gasteiger partial charge in [0.25, 0.3) is 0 Å². The Morgan fingerprint density at radius 1 is 1.28 bits per heavy atom. The van der Waals surface area contributed by atoms with Gasteiger partial charge in [0.05, 0.1) is 10.8 Å². The number of thioether (sulfide) groups is 1. The fraction of sp³-hybridized carbons (Fsp3) is 0.308. The maximum atomic E-state index is 11.8. The van der Waals surface area contributed by atoms with Crippen LogP contribution in [0.3, 0.4) is 0 Å². The van der Waals surface area contributed by atoms with Gasteiger partial charge in [0.1, 0.15) is 11.4 Å². The molecule has 1 aromatic heterocycles. The number of amides is 1. The van der Waals surface area contributed by atoms with Crippen LogP contribution in [0.5, 0.6) is 0 Å². The Kier molecular flexibility index (Phi) is 3.81. The fourth-order valence-corrected chi connectivity index (χ4v) is 2.71. The summed E-state index contributed by atoms with van der Waals surface area (Å²) < 4.78 is 0. The van der Waals surface area contributed by atoms with E-state index in [1.807, 2.05) is 31.2 Å². The monoisotopic (exact) mass is 261 g/mol. The van der Waals surface area contributed by atoms with Gasteiger partial charge in [-0.25, -0.2) is 9.97 Å². The number of nitrogens with zero attached hydrogens (tertiary/aromatic N) is 3. The highest BCUT2D eigenvalue weighted by atomic mass is 32.2. The summed E-state index contributed by atoms with van der Waals surface area (Å²) >= 11 is 1.47. The van der Waals surface area contributed by atoms with Gasteiger partial charge in [-0.05, 0) is 13.0 Å². The van der Waals surface area contributed by atoms with Crippen LogP contribution in [0.2, 0.25) is 0 Å². The third-order valence-corrected chi connectivity index (χ3v) is 3.69. The molecule has 0 aliphatic carbocycles. The molecular formula is C13H15N3OS. The molecule has 4 nitrogen and oxygen atoms in total. The van der Waals surface area contributed by atoms with Crippen LogP contribution >= 0.6 is 11.8 Å². The molecule has 5 heteroatoms. The summed E-state index contributed by atoms with van der Waals surface area (Å²) in [6.45, 7) is 1.89. The number of fused-ring (bicyclic) bond motifs is 1. The maximum Gasteiger partial charge on any atom is 0.235 e. The zero-order chi connectivity index (χ0) is 13.1. The highest BCUT2D eigenvalue weighted by molar-refractivity contribution is 8.00. The van der Waals surface area contributed by atoms with Crippen molar-refractivity contribution in [3.63, 3.8) is 0 Å². The third kappa shape index (κ3) is 2.61. The van der Waals surface area contributed by atoms with Crippen LogP contribution in [-0.4, -0.2) is 40.1 Å². The minimum atomic E-state index is -0.154. The molecule has 1 heterocycles. The van der Waals surface area contributed by atoms with Crippen molar-refractivity contribution in [3.8, 4) is 0 Å². The van der Waals surface area contributed by atoms with Gasteiger partial charge in [0.15, 0.2) is 0 Å². The SMILES string of the molecule is C[C@@H](Sc1ncnc2ccccc12)C(=O)N(C)C. The summed E-state index contributed by atoms with van der Waals surface area (Å²) in [5.74, 6) is 0.0858. The average Bonchev–Trinajstić information content (AvgIpc) is 2.38. The molecule has 0 bridgehead atoms. The van der Waals surface area contributed by atoms with Gasteiger partial charge in [0.2, 0.25) is 5.91 Å². The zero-order valence-corrected chi connectivity index (χ0v) is 11.4.